The molecule has 1 radical (unpaired) electrons. The lowest BCUT2D eigenvalue weighted by molar-refractivity contribution is -0.130. The summed E-state index contributed by atoms with van der Waals surface area (Å²) >= 11 is 0. The molecular weight excluding hydrogens is 278 g/mol. The van der Waals surface area contributed by atoms with Gasteiger partial charge in [0.2, 0.25) is 6.33 Å². The van der Waals surface area contributed by atoms with Crippen LogP contribution >= 0.6 is 0 Å². The highest BCUT2D eigenvalue weighted by atomic mass is 16.3. The normalized spacial score (nSPS) is 17.1. The minimum atomic E-state index is -1.31. The number of likely N-dealkylation sites (N-methyl/N-ethyl adjacent to an activating group) is 1. The average Bonchev–Trinajstić information content (AvgIpc) is 2.92. The van der Waals surface area contributed by atoms with Crippen molar-refractivity contribution < 1.29 is 14.7 Å². The Morgan fingerprint density at radius 2 is 2.14 bits per heavy atom. The third-order valence-corrected chi connectivity index (χ3v) is 3.26. The maximum absolute atomic E-state index is 12.5. The van der Waals surface area contributed by atoms with Gasteiger partial charge in [-0.05, 0) is 6.92 Å². The number of imidazole rings is 1. The number of aromatic amines is 1. The van der Waals surface area contributed by atoms with E-state index in [1.807, 2.05) is 0 Å². The van der Waals surface area contributed by atoms with Crippen LogP contribution in [0.5, 0.6) is 0 Å². The molecule has 0 saturated carbocycles. The van der Waals surface area contributed by atoms with Crippen LogP contribution < -0.4 is 16.0 Å². The first-order valence-electron chi connectivity index (χ1n) is 6.02. The Hall–Kier alpha value is -2.43. The molecule has 0 bridgehead atoms. The van der Waals surface area contributed by atoms with E-state index in [1.165, 1.54) is 20.3 Å². The number of nitrogens with zero attached hydrogens (tertiary/aromatic N) is 4. The van der Waals surface area contributed by atoms with Gasteiger partial charge in [0.15, 0.2) is 11.2 Å². The highest BCUT2D eigenvalue weighted by Gasteiger charge is 2.48. The lowest BCUT2D eigenvalue weighted by Gasteiger charge is -2.28. The molecule has 3 amide bonds. The van der Waals surface area contributed by atoms with Gasteiger partial charge in [-0.2, -0.15) is 4.98 Å². The fourth-order valence-electron chi connectivity index (χ4n) is 1.86. The van der Waals surface area contributed by atoms with Gasteiger partial charge in [-0.15, -0.1) is 4.48 Å². The number of aliphatic hydroxyl groups is 1. The summed E-state index contributed by atoms with van der Waals surface area (Å²) in [5.74, 6) is -0.841. The van der Waals surface area contributed by atoms with Gasteiger partial charge in [0, 0.05) is 0 Å². The van der Waals surface area contributed by atoms with Gasteiger partial charge in [0.05, 0.1) is 19.5 Å². The molecule has 21 heavy (non-hydrogen) atoms. The number of hydrogen-bond donors (Lipinski definition) is 4. The average molecular weight is 293 g/mol. The summed E-state index contributed by atoms with van der Waals surface area (Å²) in [7, 11) is 1.24. The first-order valence-corrected chi connectivity index (χ1v) is 6.02. The molecule has 111 valence electrons. The Bertz CT molecular complexity index is 698. The zero-order chi connectivity index (χ0) is 15.8. The van der Waals surface area contributed by atoms with Crippen LogP contribution in [-0.4, -0.2) is 56.2 Å². The predicted octanol–water partition coefficient (Wildman–Crippen LogP) is -1.60. The largest absolute Gasteiger partial charge is 0.427 e. The molecule has 0 aliphatic carbocycles. The van der Waals surface area contributed by atoms with Gasteiger partial charge in [-0.3, -0.25) is 0 Å². The molecule has 2 heterocycles. The quantitative estimate of drug-likeness (QED) is 0.495. The maximum Gasteiger partial charge on any atom is 0.427 e. The molecule has 2 rings (SSSR count). The van der Waals surface area contributed by atoms with Crippen molar-refractivity contribution in [2.45, 2.75) is 19.1 Å². The molecule has 6 N–H and O–H groups in total. The smallest absolute Gasteiger partial charge is 0.391 e. The van der Waals surface area contributed by atoms with E-state index in [0.29, 0.717) is 0 Å². The van der Waals surface area contributed by atoms with Crippen LogP contribution in [0, 0.1) is 6.33 Å². The lowest BCUT2D eigenvalue weighted by Crippen LogP contribution is -2.65. The van der Waals surface area contributed by atoms with Crippen molar-refractivity contribution >= 4 is 28.9 Å². The summed E-state index contributed by atoms with van der Waals surface area (Å²) < 4.78 is -1.04. The standard InChI is InChI=1S/C11H14N7O3/c1-5(19)6(12)10(20)18(2,11(13)21)9-7-8(15-3-14-7)16-4-17-9/h3,5-6,19H,12H2,1-2H3,(H2-,13,14,15,16,17,21)/p+1/t5-,6+,18?/m1/s1. The third-order valence-electron chi connectivity index (χ3n) is 3.26. The van der Waals surface area contributed by atoms with Crippen molar-refractivity contribution in [3.63, 3.8) is 0 Å². The number of amides is 3. The molecule has 0 aromatic carbocycles. The first kappa shape index (κ1) is 15.0. The number of hydrogen-bond acceptors (Lipinski definition) is 7. The number of fused-ring (bicyclic) bond motifs is 1. The number of rotatable bonds is 3. The summed E-state index contributed by atoms with van der Waals surface area (Å²) in [6, 6.07) is -2.31. The molecule has 10 nitrogen and oxygen atoms in total. The fraction of sp³-hybridized carbons (Fsp3) is 0.364. The van der Waals surface area contributed by atoms with Crippen molar-refractivity contribution in [3.8, 4) is 0 Å². The Morgan fingerprint density at radius 3 is 2.71 bits per heavy atom. The predicted molar refractivity (Wildman–Crippen MR) is 72.5 cm³/mol. The maximum atomic E-state index is 12.5. The molecule has 0 spiro atoms. The molecule has 0 aliphatic heterocycles. The number of H-pyrrole nitrogens is 1. The second kappa shape index (κ2) is 5.16. The topological polar surface area (TPSA) is 161 Å². The fourth-order valence-corrected chi connectivity index (χ4v) is 1.86. The molecule has 10 heteroatoms. The monoisotopic (exact) mass is 293 g/mol. The number of aromatic nitrogens is 4. The Balaban J connectivity index is 2.65. The first-order chi connectivity index (χ1) is 9.80. The zero-order valence-electron chi connectivity index (χ0n) is 11.4. The third kappa shape index (κ3) is 2.24. The number of quaternary nitrogens is 1. The van der Waals surface area contributed by atoms with E-state index in [2.05, 4.69) is 26.3 Å². The second-order valence-corrected chi connectivity index (χ2v) is 4.70. The SMILES string of the molecule is C[C@@H](O)[C@H](N)C(=O)[N+](C)(C(N)=O)c1n[c]nc2nc[nH]c12. The highest BCUT2D eigenvalue weighted by molar-refractivity contribution is 6.11. The summed E-state index contributed by atoms with van der Waals surface area (Å²) in [4.78, 5) is 38.6. The number of nitrogens with two attached hydrogens (primary N) is 2. The van der Waals surface area contributed by atoms with Crippen LogP contribution in [0.4, 0.5) is 10.6 Å². The van der Waals surface area contributed by atoms with E-state index in [-0.39, 0.29) is 17.0 Å². The Kier molecular flexibility index (Phi) is 3.68. The minimum Gasteiger partial charge on any atom is -0.391 e. The number of carbonyl (C=O) groups is 2. The van der Waals surface area contributed by atoms with Crippen LogP contribution in [0.3, 0.4) is 0 Å². The number of primary amides is 1. The van der Waals surface area contributed by atoms with Crippen LogP contribution in [0.2, 0.25) is 0 Å². The van der Waals surface area contributed by atoms with Crippen molar-refractivity contribution in [2.75, 3.05) is 7.05 Å². The van der Waals surface area contributed by atoms with Gasteiger partial charge in [-0.1, -0.05) is 0 Å². The number of urea groups is 1. The van der Waals surface area contributed by atoms with Gasteiger partial charge >= 0.3 is 11.9 Å². The molecule has 2 aromatic heterocycles. The summed E-state index contributed by atoms with van der Waals surface area (Å²) in [5.41, 5.74) is 11.5. The molecule has 0 fully saturated rings. The highest BCUT2D eigenvalue weighted by Crippen LogP contribution is 2.26. The number of aliphatic hydroxyl groups excluding tert-OH is 1. The van der Waals surface area contributed by atoms with Gasteiger partial charge in [-0.25, -0.2) is 19.6 Å². The molecule has 0 saturated heterocycles. The van der Waals surface area contributed by atoms with Gasteiger partial charge in [0.1, 0.15) is 6.04 Å². The number of carbonyl (C=O) groups excluding carboxylic acids is 2. The van der Waals surface area contributed by atoms with Crippen LogP contribution in [0.25, 0.3) is 11.2 Å². The minimum absolute atomic E-state index is 0.0360. The van der Waals surface area contributed by atoms with E-state index in [4.69, 9.17) is 11.5 Å². The Labute approximate surface area is 119 Å². The molecule has 3 atom stereocenters. The van der Waals surface area contributed by atoms with E-state index in [9.17, 15) is 14.7 Å². The van der Waals surface area contributed by atoms with E-state index < -0.39 is 28.6 Å². The summed E-state index contributed by atoms with van der Waals surface area (Å²) in [5, 5.41) is 9.49. The van der Waals surface area contributed by atoms with E-state index >= 15 is 0 Å². The van der Waals surface area contributed by atoms with E-state index in [1.54, 1.807) is 0 Å². The summed E-state index contributed by atoms with van der Waals surface area (Å²) in [6.07, 6.45) is 2.49. The Morgan fingerprint density at radius 1 is 1.48 bits per heavy atom. The van der Waals surface area contributed by atoms with Crippen molar-refractivity contribution in [1.29, 1.82) is 0 Å². The van der Waals surface area contributed by atoms with Crippen LogP contribution in [-0.2, 0) is 4.79 Å². The van der Waals surface area contributed by atoms with E-state index in [0.717, 1.165) is 0 Å². The molecule has 2 aromatic rings. The van der Waals surface area contributed by atoms with Crippen LogP contribution in [0.1, 0.15) is 6.92 Å². The second-order valence-electron chi connectivity index (χ2n) is 4.70. The number of nitrogens with one attached hydrogen (secondary N) is 1. The van der Waals surface area contributed by atoms with Crippen molar-refractivity contribution in [1.82, 2.24) is 24.4 Å². The lowest BCUT2D eigenvalue weighted by atomic mass is 10.1. The zero-order valence-corrected chi connectivity index (χ0v) is 11.4. The van der Waals surface area contributed by atoms with Gasteiger partial charge < -0.3 is 21.6 Å². The van der Waals surface area contributed by atoms with Crippen LogP contribution in [0.15, 0.2) is 6.33 Å². The summed E-state index contributed by atoms with van der Waals surface area (Å²) in [6.45, 7) is 1.34. The van der Waals surface area contributed by atoms with Crippen molar-refractivity contribution in [3.05, 3.63) is 12.7 Å². The molecular formula is C11H15N7O3+. The molecule has 0 aliphatic rings. The molecule has 1 unspecified atom stereocenters. The van der Waals surface area contributed by atoms with Crippen molar-refractivity contribution in [2.24, 2.45) is 11.5 Å². The van der Waals surface area contributed by atoms with Gasteiger partial charge in [0.25, 0.3) is 5.82 Å². The number of imide groups is 1.